The van der Waals surface area contributed by atoms with Crippen LogP contribution in [0.15, 0.2) is 17.8 Å². The first-order chi connectivity index (χ1) is 7.85. The summed E-state index contributed by atoms with van der Waals surface area (Å²) in [4.78, 5) is 9.39. The highest BCUT2D eigenvalue weighted by Gasteiger charge is 2.10. The van der Waals surface area contributed by atoms with Gasteiger partial charge in [0, 0.05) is 13.7 Å². The fourth-order valence-corrected chi connectivity index (χ4v) is 2.20. The number of nitrogens with one attached hydrogen (secondary N) is 1. The molecule has 0 aliphatic heterocycles. The Morgan fingerprint density at radius 2 is 2.44 bits per heavy atom. The van der Waals surface area contributed by atoms with E-state index < -0.39 is 0 Å². The Kier molecular flexibility index (Phi) is 3.66. The first kappa shape index (κ1) is 11.3. The van der Waals surface area contributed by atoms with E-state index in [4.69, 9.17) is 10.5 Å². The lowest BCUT2D eigenvalue weighted by Gasteiger charge is -2.16. The molecule has 1 unspecified atom stereocenters. The van der Waals surface area contributed by atoms with Crippen LogP contribution in [0.5, 0.6) is 0 Å². The van der Waals surface area contributed by atoms with Crippen LogP contribution >= 0.6 is 11.3 Å². The van der Waals surface area contributed by atoms with Gasteiger partial charge in [-0.2, -0.15) is 0 Å². The van der Waals surface area contributed by atoms with Crippen LogP contribution in [0.1, 0.15) is 0 Å². The molecule has 0 spiro atoms. The topological polar surface area (TPSA) is 73.1 Å². The van der Waals surface area contributed by atoms with E-state index in [2.05, 4.69) is 15.3 Å². The summed E-state index contributed by atoms with van der Waals surface area (Å²) in [6.07, 6.45) is 1.56. The number of ether oxygens (including phenoxy) is 1. The second kappa shape index (κ2) is 5.20. The van der Waals surface area contributed by atoms with Crippen molar-refractivity contribution >= 4 is 27.4 Å². The number of fused-ring (bicyclic) bond motifs is 1. The maximum atomic E-state index is 5.64. The van der Waals surface area contributed by atoms with Crippen molar-refractivity contribution in [2.45, 2.75) is 6.04 Å². The van der Waals surface area contributed by atoms with E-state index in [9.17, 15) is 0 Å². The predicted octanol–water partition coefficient (Wildman–Crippen LogP) is 1.08. The Hall–Kier alpha value is -1.24. The second-order valence-electron chi connectivity index (χ2n) is 3.39. The van der Waals surface area contributed by atoms with Crippen molar-refractivity contribution in [3.63, 3.8) is 0 Å². The van der Waals surface area contributed by atoms with Gasteiger partial charge in [0.05, 0.1) is 18.0 Å². The Morgan fingerprint density at radius 1 is 1.56 bits per heavy atom. The molecule has 0 radical (unpaired) electrons. The predicted molar refractivity (Wildman–Crippen MR) is 65.8 cm³/mol. The van der Waals surface area contributed by atoms with Gasteiger partial charge in [-0.1, -0.05) is 0 Å². The van der Waals surface area contributed by atoms with Crippen LogP contribution in [-0.4, -0.2) is 36.3 Å². The van der Waals surface area contributed by atoms with E-state index in [1.54, 1.807) is 24.8 Å². The molecular formula is C10H14N4OS. The third-order valence-electron chi connectivity index (χ3n) is 2.25. The van der Waals surface area contributed by atoms with Gasteiger partial charge in [-0.25, -0.2) is 9.97 Å². The monoisotopic (exact) mass is 238 g/mol. The highest BCUT2D eigenvalue weighted by molar-refractivity contribution is 7.16. The Bertz CT molecular complexity index is 459. The third kappa shape index (κ3) is 2.29. The molecule has 16 heavy (non-hydrogen) atoms. The van der Waals surface area contributed by atoms with Gasteiger partial charge < -0.3 is 15.8 Å². The quantitative estimate of drug-likeness (QED) is 0.815. The number of rotatable bonds is 5. The summed E-state index contributed by atoms with van der Waals surface area (Å²) in [7, 11) is 1.66. The lowest BCUT2D eigenvalue weighted by Crippen LogP contribution is -2.33. The molecule has 5 nitrogen and oxygen atoms in total. The summed E-state index contributed by atoms with van der Waals surface area (Å²) in [5.74, 6) is 0.818. The normalized spacial score (nSPS) is 12.9. The SMILES string of the molecule is COCC(CN)Nc1ncnc2sccc12. The van der Waals surface area contributed by atoms with Crippen molar-refractivity contribution in [3.8, 4) is 0 Å². The van der Waals surface area contributed by atoms with Crippen LogP contribution in [-0.2, 0) is 4.74 Å². The van der Waals surface area contributed by atoms with Crippen molar-refractivity contribution < 1.29 is 4.74 Å². The molecule has 0 bridgehead atoms. The molecule has 2 aromatic heterocycles. The smallest absolute Gasteiger partial charge is 0.138 e. The van der Waals surface area contributed by atoms with Gasteiger partial charge in [0.1, 0.15) is 17.0 Å². The third-order valence-corrected chi connectivity index (χ3v) is 3.08. The van der Waals surface area contributed by atoms with Crippen LogP contribution < -0.4 is 11.1 Å². The van der Waals surface area contributed by atoms with E-state index in [-0.39, 0.29) is 6.04 Å². The molecule has 0 saturated heterocycles. The molecule has 0 aliphatic carbocycles. The number of anilines is 1. The average molecular weight is 238 g/mol. The van der Waals surface area contributed by atoms with Crippen molar-refractivity contribution in [1.82, 2.24) is 9.97 Å². The lowest BCUT2D eigenvalue weighted by atomic mass is 10.3. The van der Waals surface area contributed by atoms with Gasteiger partial charge in [-0.3, -0.25) is 0 Å². The van der Waals surface area contributed by atoms with Gasteiger partial charge in [0.25, 0.3) is 0 Å². The molecule has 6 heteroatoms. The first-order valence-electron chi connectivity index (χ1n) is 4.99. The van der Waals surface area contributed by atoms with Crippen molar-refractivity contribution in [2.75, 3.05) is 25.6 Å². The molecule has 0 aromatic carbocycles. The molecule has 1 atom stereocenters. The number of nitrogens with zero attached hydrogens (tertiary/aromatic N) is 2. The van der Waals surface area contributed by atoms with Crippen LogP contribution in [0.3, 0.4) is 0 Å². The van der Waals surface area contributed by atoms with Crippen LogP contribution in [0, 0.1) is 0 Å². The summed E-state index contributed by atoms with van der Waals surface area (Å²) < 4.78 is 5.08. The number of nitrogens with two attached hydrogens (primary N) is 1. The first-order valence-corrected chi connectivity index (χ1v) is 5.87. The molecule has 0 aliphatic rings. The zero-order chi connectivity index (χ0) is 11.4. The molecule has 0 amide bonds. The molecule has 0 saturated carbocycles. The average Bonchev–Trinajstić information content (AvgIpc) is 2.77. The largest absolute Gasteiger partial charge is 0.383 e. The highest BCUT2D eigenvalue weighted by atomic mass is 32.1. The van der Waals surface area contributed by atoms with E-state index in [0.29, 0.717) is 13.2 Å². The van der Waals surface area contributed by atoms with E-state index in [1.165, 1.54) is 0 Å². The minimum absolute atomic E-state index is 0.0722. The molecule has 0 fully saturated rings. The van der Waals surface area contributed by atoms with E-state index in [1.807, 2.05) is 11.4 Å². The fraction of sp³-hybridized carbons (Fsp3) is 0.400. The fourth-order valence-electron chi connectivity index (χ4n) is 1.47. The van der Waals surface area contributed by atoms with Crippen molar-refractivity contribution in [2.24, 2.45) is 5.73 Å². The minimum Gasteiger partial charge on any atom is -0.383 e. The Balaban J connectivity index is 2.22. The molecule has 2 heterocycles. The zero-order valence-corrected chi connectivity index (χ0v) is 9.83. The van der Waals surface area contributed by atoms with Gasteiger partial charge in [0.15, 0.2) is 0 Å². The summed E-state index contributed by atoms with van der Waals surface area (Å²) in [5, 5.41) is 6.29. The summed E-state index contributed by atoms with van der Waals surface area (Å²) in [6, 6.07) is 2.07. The highest BCUT2D eigenvalue weighted by Crippen LogP contribution is 2.23. The van der Waals surface area contributed by atoms with Crippen LogP contribution in [0.25, 0.3) is 10.2 Å². The maximum absolute atomic E-state index is 5.64. The Labute approximate surface area is 97.7 Å². The van der Waals surface area contributed by atoms with Crippen molar-refractivity contribution in [3.05, 3.63) is 17.8 Å². The molecule has 2 aromatic rings. The van der Waals surface area contributed by atoms with E-state index >= 15 is 0 Å². The molecule has 86 valence electrons. The second-order valence-corrected chi connectivity index (χ2v) is 4.29. The van der Waals surface area contributed by atoms with Gasteiger partial charge >= 0.3 is 0 Å². The standard InChI is InChI=1S/C10H14N4OS/c1-15-5-7(4-11)14-9-8-2-3-16-10(8)13-6-12-9/h2-3,6-7H,4-5,11H2,1H3,(H,12,13,14). The number of methoxy groups -OCH3 is 1. The van der Waals surface area contributed by atoms with Gasteiger partial charge in [-0.15, -0.1) is 11.3 Å². The number of aromatic nitrogens is 2. The summed E-state index contributed by atoms with van der Waals surface area (Å²) >= 11 is 1.60. The van der Waals surface area contributed by atoms with E-state index in [0.717, 1.165) is 16.0 Å². The molecule has 3 N–H and O–H groups in total. The Morgan fingerprint density at radius 3 is 3.19 bits per heavy atom. The van der Waals surface area contributed by atoms with Crippen LogP contribution in [0.4, 0.5) is 5.82 Å². The minimum atomic E-state index is 0.0722. The maximum Gasteiger partial charge on any atom is 0.138 e. The number of hydrogen-bond acceptors (Lipinski definition) is 6. The van der Waals surface area contributed by atoms with Gasteiger partial charge in [-0.05, 0) is 11.4 Å². The zero-order valence-electron chi connectivity index (χ0n) is 9.01. The van der Waals surface area contributed by atoms with Gasteiger partial charge in [0.2, 0.25) is 0 Å². The number of hydrogen-bond donors (Lipinski definition) is 2. The lowest BCUT2D eigenvalue weighted by molar-refractivity contribution is 0.187. The molecular weight excluding hydrogens is 224 g/mol. The van der Waals surface area contributed by atoms with Crippen molar-refractivity contribution in [1.29, 1.82) is 0 Å². The summed E-state index contributed by atoms with van der Waals surface area (Å²) in [5.41, 5.74) is 5.64. The summed E-state index contributed by atoms with van der Waals surface area (Å²) in [6.45, 7) is 1.07. The number of thiophene rings is 1. The molecule has 2 rings (SSSR count). The van der Waals surface area contributed by atoms with Crippen LogP contribution in [0.2, 0.25) is 0 Å².